The second kappa shape index (κ2) is 6.36. The summed E-state index contributed by atoms with van der Waals surface area (Å²) in [5.41, 5.74) is 0.389. The lowest BCUT2D eigenvalue weighted by Crippen LogP contribution is -2.05. The maximum Gasteiger partial charge on any atom is 0.417 e. The molecule has 0 fully saturated rings. The highest BCUT2D eigenvalue weighted by molar-refractivity contribution is 9.10. The summed E-state index contributed by atoms with van der Waals surface area (Å²) in [6.45, 7) is 2.02. The highest BCUT2D eigenvalue weighted by atomic mass is 79.9. The van der Waals surface area contributed by atoms with Crippen LogP contribution in [0.1, 0.15) is 12.5 Å². The number of imidazole rings is 1. The van der Waals surface area contributed by atoms with E-state index in [1.807, 2.05) is 13.0 Å². The van der Waals surface area contributed by atoms with Gasteiger partial charge in [-0.2, -0.15) is 13.2 Å². The Kier molecular flexibility index (Phi) is 4.56. The van der Waals surface area contributed by atoms with Crippen molar-refractivity contribution in [1.29, 1.82) is 0 Å². The lowest BCUT2D eigenvalue weighted by atomic mass is 10.2. The van der Waals surface area contributed by atoms with Crippen molar-refractivity contribution >= 4 is 38.9 Å². The van der Waals surface area contributed by atoms with E-state index in [2.05, 4.69) is 30.9 Å². The molecule has 0 aliphatic carbocycles. The third-order valence-corrected chi connectivity index (χ3v) is 4.71. The van der Waals surface area contributed by atoms with Crippen molar-refractivity contribution in [2.45, 2.75) is 18.0 Å². The zero-order valence-corrected chi connectivity index (χ0v) is 15.1. The van der Waals surface area contributed by atoms with Crippen LogP contribution in [0, 0.1) is 0 Å². The maximum absolute atomic E-state index is 12.9. The Morgan fingerprint density at radius 3 is 2.62 bits per heavy atom. The van der Waals surface area contributed by atoms with Crippen LogP contribution in [0.4, 0.5) is 13.2 Å². The van der Waals surface area contributed by atoms with Gasteiger partial charge in [0.15, 0.2) is 11.5 Å². The number of halogens is 4. The van der Waals surface area contributed by atoms with Gasteiger partial charge in [-0.15, -0.1) is 11.8 Å². The number of aryl methyl sites for hydroxylation is 1. The molecule has 3 heterocycles. The van der Waals surface area contributed by atoms with E-state index >= 15 is 0 Å². The number of aromatic nitrogens is 4. The highest BCUT2D eigenvalue weighted by Gasteiger charge is 2.32. The molecule has 9 heteroatoms. The van der Waals surface area contributed by atoms with Crippen molar-refractivity contribution in [3.63, 3.8) is 0 Å². The minimum Gasteiger partial charge on any atom is -0.310 e. The Bertz CT molecular complexity index is 908. The van der Waals surface area contributed by atoms with Crippen LogP contribution in [0.15, 0.2) is 33.9 Å². The summed E-state index contributed by atoms with van der Waals surface area (Å²) in [5, 5.41) is 0. The van der Waals surface area contributed by atoms with E-state index in [9.17, 15) is 13.2 Å². The molecule has 4 nitrogen and oxygen atoms in total. The predicted molar refractivity (Wildman–Crippen MR) is 90.8 cm³/mol. The molecule has 0 spiro atoms. The number of thioether (sulfide) groups is 1. The zero-order chi connectivity index (χ0) is 17.5. The van der Waals surface area contributed by atoms with E-state index in [4.69, 9.17) is 0 Å². The van der Waals surface area contributed by atoms with Gasteiger partial charge in [0, 0.05) is 28.8 Å². The van der Waals surface area contributed by atoms with E-state index in [-0.39, 0.29) is 5.52 Å². The molecular formula is C15H12BrF3N4S. The second-order valence-corrected chi connectivity index (χ2v) is 7.21. The third kappa shape index (κ3) is 3.14. The molecule has 0 N–H and O–H groups in total. The van der Waals surface area contributed by atoms with Gasteiger partial charge >= 0.3 is 6.18 Å². The summed E-state index contributed by atoms with van der Waals surface area (Å²) in [6.07, 6.45) is -1.98. The van der Waals surface area contributed by atoms with E-state index in [0.29, 0.717) is 17.2 Å². The molecule has 126 valence electrons. The van der Waals surface area contributed by atoms with Crippen LogP contribution in [-0.4, -0.2) is 25.3 Å². The SMILES string of the molecule is CCSc1cc(Br)cnc1-c1nc2cc(C(F)(F)F)cnc2n1C. The summed E-state index contributed by atoms with van der Waals surface area (Å²) in [6, 6.07) is 2.93. The zero-order valence-electron chi connectivity index (χ0n) is 12.7. The minimum atomic E-state index is -4.45. The molecule has 3 aromatic rings. The van der Waals surface area contributed by atoms with Crippen molar-refractivity contribution in [3.8, 4) is 11.5 Å². The summed E-state index contributed by atoms with van der Waals surface area (Å²) in [7, 11) is 1.72. The average Bonchev–Trinajstić information content (AvgIpc) is 2.83. The summed E-state index contributed by atoms with van der Waals surface area (Å²) in [5.74, 6) is 1.33. The Morgan fingerprint density at radius 1 is 1.21 bits per heavy atom. The first-order valence-electron chi connectivity index (χ1n) is 6.99. The Morgan fingerprint density at radius 2 is 1.96 bits per heavy atom. The fraction of sp³-hybridized carbons (Fsp3) is 0.267. The number of hydrogen-bond donors (Lipinski definition) is 0. The quantitative estimate of drug-likeness (QED) is 0.568. The van der Waals surface area contributed by atoms with Crippen LogP contribution in [0.3, 0.4) is 0 Å². The molecule has 0 bridgehead atoms. The van der Waals surface area contributed by atoms with Crippen LogP contribution >= 0.6 is 27.7 Å². The smallest absolute Gasteiger partial charge is 0.310 e. The first-order chi connectivity index (χ1) is 11.3. The largest absolute Gasteiger partial charge is 0.417 e. The first-order valence-corrected chi connectivity index (χ1v) is 8.77. The van der Waals surface area contributed by atoms with Gasteiger partial charge in [0.25, 0.3) is 0 Å². The number of hydrogen-bond acceptors (Lipinski definition) is 4. The van der Waals surface area contributed by atoms with Gasteiger partial charge in [-0.05, 0) is 33.8 Å². The van der Waals surface area contributed by atoms with Crippen molar-refractivity contribution in [2.75, 3.05) is 5.75 Å². The molecule has 0 saturated carbocycles. The van der Waals surface area contributed by atoms with Gasteiger partial charge in [-0.3, -0.25) is 4.98 Å². The lowest BCUT2D eigenvalue weighted by Gasteiger charge is -2.08. The van der Waals surface area contributed by atoms with Gasteiger partial charge in [0.1, 0.15) is 11.2 Å². The van der Waals surface area contributed by atoms with Gasteiger partial charge < -0.3 is 4.57 Å². The summed E-state index contributed by atoms with van der Waals surface area (Å²) in [4.78, 5) is 13.6. The third-order valence-electron chi connectivity index (χ3n) is 3.37. The number of pyridine rings is 2. The normalized spacial score (nSPS) is 12.1. The Balaban J connectivity index is 2.19. The Labute approximate surface area is 148 Å². The van der Waals surface area contributed by atoms with Crippen molar-refractivity contribution < 1.29 is 13.2 Å². The fourth-order valence-electron chi connectivity index (χ4n) is 2.30. The van der Waals surface area contributed by atoms with Gasteiger partial charge in [-0.25, -0.2) is 9.97 Å². The highest BCUT2D eigenvalue weighted by Crippen LogP contribution is 2.34. The van der Waals surface area contributed by atoms with Crippen LogP contribution in [0.25, 0.3) is 22.7 Å². The number of rotatable bonds is 3. The monoisotopic (exact) mass is 416 g/mol. The van der Waals surface area contributed by atoms with E-state index in [1.54, 1.807) is 29.6 Å². The first kappa shape index (κ1) is 17.2. The molecule has 0 unspecified atom stereocenters. The second-order valence-electron chi connectivity index (χ2n) is 4.99. The average molecular weight is 417 g/mol. The van der Waals surface area contributed by atoms with Crippen molar-refractivity contribution in [3.05, 3.63) is 34.6 Å². The number of nitrogens with zero attached hydrogens (tertiary/aromatic N) is 4. The van der Waals surface area contributed by atoms with Gasteiger partial charge in [-0.1, -0.05) is 6.92 Å². The van der Waals surface area contributed by atoms with E-state index in [1.165, 1.54) is 0 Å². The lowest BCUT2D eigenvalue weighted by molar-refractivity contribution is -0.137. The molecule has 24 heavy (non-hydrogen) atoms. The topological polar surface area (TPSA) is 43.6 Å². The molecule has 0 aliphatic heterocycles. The van der Waals surface area contributed by atoms with E-state index < -0.39 is 11.7 Å². The molecule has 3 rings (SSSR count). The van der Waals surface area contributed by atoms with Crippen LogP contribution < -0.4 is 0 Å². The number of fused-ring (bicyclic) bond motifs is 1. The number of alkyl halides is 3. The molecule has 0 aromatic carbocycles. The summed E-state index contributed by atoms with van der Waals surface area (Å²) >= 11 is 4.97. The molecule has 0 atom stereocenters. The minimum absolute atomic E-state index is 0.194. The molecule has 0 saturated heterocycles. The van der Waals surface area contributed by atoms with Crippen molar-refractivity contribution in [1.82, 2.24) is 19.5 Å². The molecule has 3 aromatic heterocycles. The van der Waals surface area contributed by atoms with E-state index in [0.717, 1.165) is 27.4 Å². The molecule has 0 aliphatic rings. The fourth-order valence-corrected chi connectivity index (χ4v) is 3.58. The molecule has 0 amide bonds. The summed E-state index contributed by atoms with van der Waals surface area (Å²) < 4.78 is 41.1. The van der Waals surface area contributed by atoms with Crippen LogP contribution in [-0.2, 0) is 13.2 Å². The Hall–Kier alpha value is -1.61. The maximum atomic E-state index is 12.9. The van der Waals surface area contributed by atoms with Gasteiger partial charge in [0.2, 0.25) is 0 Å². The molecule has 0 radical (unpaired) electrons. The van der Waals surface area contributed by atoms with Crippen LogP contribution in [0.2, 0.25) is 0 Å². The van der Waals surface area contributed by atoms with Gasteiger partial charge in [0.05, 0.1) is 5.56 Å². The molecular weight excluding hydrogens is 405 g/mol. The van der Waals surface area contributed by atoms with Crippen molar-refractivity contribution in [2.24, 2.45) is 7.05 Å². The standard InChI is InChI=1S/C15H12BrF3N4S/c1-3-24-11-5-9(16)7-20-12(11)14-22-10-4-8(15(17,18)19)6-21-13(10)23(14)2/h4-7H,3H2,1-2H3. The predicted octanol–water partition coefficient (Wildman–Crippen LogP) is 4.92. The van der Waals surface area contributed by atoms with Crippen LogP contribution in [0.5, 0.6) is 0 Å².